The average Bonchev–Trinajstić information content (AvgIpc) is 3.29. The third kappa shape index (κ3) is 5.66. The van der Waals surface area contributed by atoms with Gasteiger partial charge in [0.25, 0.3) is 11.8 Å². The molecule has 2 N–H and O–H groups in total. The number of para-hydroxylation sites is 1. The molecular weight excluding hydrogens is 446 g/mol. The first-order chi connectivity index (χ1) is 15.6. The van der Waals surface area contributed by atoms with E-state index in [4.69, 9.17) is 16.3 Å². The Morgan fingerprint density at radius 2 is 1.62 bits per heavy atom. The molecule has 0 spiro atoms. The van der Waals surface area contributed by atoms with Gasteiger partial charge in [-0.3, -0.25) is 9.59 Å². The molecule has 2 amide bonds. The fourth-order valence-corrected chi connectivity index (χ4v) is 4.66. The van der Waals surface area contributed by atoms with Crippen LogP contribution in [-0.2, 0) is 6.61 Å². The molecule has 0 radical (unpaired) electrons. The Morgan fingerprint density at radius 3 is 2.34 bits per heavy atom. The molecule has 1 aliphatic carbocycles. The van der Waals surface area contributed by atoms with Crippen molar-refractivity contribution in [1.82, 2.24) is 15.6 Å². The van der Waals surface area contributed by atoms with Crippen LogP contribution in [0.1, 0.15) is 51.5 Å². The Labute approximate surface area is 196 Å². The minimum atomic E-state index is -0.240. The topological polar surface area (TPSA) is 80.3 Å². The summed E-state index contributed by atoms with van der Waals surface area (Å²) in [5.41, 5.74) is 0.802. The van der Waals surface area contributed by atoms with Crippen molar-refractivity contribution in [2.75, 3.05) is 0 Å². The minimum absolute atomic E-state index is 0.156. The summed E-state index contributed by atoms with van der Waals surface area (Å²) in [6, 6.07) is 16.1. The van der Waals surface area contributed by atoms with Gasteiger partial charge in [-0.25, -0.2) is 4.98 Å². The van der Waals surface area contributed by atoms with Crippen LogP contribution in [0.2, 0.25) is 5.02 Å². The summed E-state index contributed by atoms with van der Waals surface area (Å²) in [5.74, 6) is 0.292. The summed E-state index contributed by atoms with van der Waals surface area (Å²) < 4.78 is 5.71. The first-order valence-electron chi connectivity index (χ1n) is 10.6. The van der Waals surface area contributed by atoms with E-state index in [0.29, 0.717) is 22.9 Å². The Kier molecular flexibility index (Phi) is 7.39. The molecule has 1 heterocycles. The maximum atomic E-state index is 12.8. The van der Waals surface area contributed by atoms with Crippen LogP contribution < -0.4 is 15.4 Å². The number of aromatic nitrogens is 1. The van der Waals surface area contributed by atoms with Crippen molar-refractivity contribution in [3.05, 3.63) is 81.3 Å². The first kappa shape index (κ1) is 22.3. The largest absolute Gasteiger partial charge is 0.486 e. The van der Waals surface area contributed by atoms with Crippen molar-refractivity contribution in [2.45, 2.75) is 44.4 Å². The van der Waals surface area contributed by atoms with Gasteiger partial charge in [-0.15, -0.1) is 11.3 Å². The van der Waals surface area contributed by atoms with Gasteiger partial charge in [0.2, 0.25) is 0 Å². The van der Waals surface area contributed by atoms with Gasteiger partial charge in [0.05, 0.1) is 10.6 Å². The number of nitrogens with one attached hydrogen (secondary N) is 2. The predicted octanol–water partition coefficient (Wildman–Crippen LogP) is 4.85. The lowest BCUT2D eigenvalue weighted by atomic mass is 9.90. The third-order valence-electron chi connectivity index (χ3n) is 5.41. The van der Waals surface area contributed by atoms with Gasteiger partial charge < -0.3 is 15.4 Å². The van der Waals surface area contributed by atoms with Gasteiger partial charge in [0.15, 0.2) is 0 Å². The van der Waals surface area contributed by atoms with E-state index in [9.17, 15) is 9.59 Å². The minimum Gasteiger partial charge on any atom is -0.486 e. The molecule has 1 saturated carbocycles. The highest BCUT2D eigenvalue weighted by Crippen LogP contribution is 2.22. The molecule has 6 nitrogen and oxygen atoms in total. The third-order valence-corrected chi connectivity index (χ3v) is 6.56. The summed E-state index contributed by atoms with van der Waals surface area (Å²) in [6.07, 6.45) is 3.59. The highest BCUT2D eigenvalue weighted by atomic mass is 35.5. The van der Waals surface area contributed by atoms with E-state index in [2.05, 4.69) is 15.6 Å². The Balaban J connectivity index is 1.35. The number of rotatable bonds is 7. The molecule has 0 bridgehead atoms. The fraction of sp³-hybridized carbons (Fsp3) is 0.292. The van der Waals surface area contributed by atoms with Gasteiger partial charge in [0, 0.05) is 17.5 Å². The van der Waals surface area contributed by atoms with Gasteiger partial charge in [-0.05, 0) is 37.1 Å². The zero-order valence-electron chi connectivity index (χ0n) is 17.4. The second-order valence-corrected chi connectivity index (χ2v) is 9.00. The number of carbonyl (C=O) groups is 2. The van der Waals surface area contributed by atoms with Crippen LogP contribution in [0.25, 0.3) is 0 Å². The summed E-state index contributed by atoms with van der Waals surface area (Å²) in [5, 5.41) is 8.99. The van der Waals surface area contributed by atoms with Gasteiger partial charge in [-0.1, -0.05) is 54.8 Å². The van der Waals surface area contributed by atoms with Crippen LogP contribution in [0, 0.1) is 0 Å². The molecule has 4 rings (SSSR count). The molecule has 0 saturated heterocycles. The number of hydrogen-bond acceptors (Lipinski definition) is 5. The Bertz CT molecular complexity index is 1070. The summed E-state index contributed by atoms with van der Waals surface area (Å²) in [6.45, 7) is 0.307. The van der Waals surface area contributed by atoms with Crippen molar-refractivity contribution in [3.8, 4) is 5.75 Å². The monoisotopic (exact) mass is 469 g/mol. The lowest BCUT2D eigenvalue weighted by Gasteiger charge is -2.32. The summed E-state index contributed by atoms with van der Waals surface area (Å²) in [7, 11) is 0. The Morgan fingerprint density at radius 1 is 0.969 bits per heavy atom. The maximum absolute atomic E-state index is 12.8. The Hall–Kier alpha value is -2.90. The molecule has 8 heteroatoms. The second kappa shape index (κ2) is 10.6. The number of hydrogen-bond donors (Lipinski definition) is 2. The van der Waals surface area contributed by atoms with Crippen LogP contribution >= 0.6 is 22.9 Å². The smallest absolute Gasteiger partial charge is 0.271 e. The van der Waals surface area contributed by atoms with Crippen molar-refractivity contribution >= 4 is 34.8 Å². The molecule has 1 aromatic heterocycles. The van der Waals surface area contributed by atoms with E-state index in [1.165, 1.54) is 11.3 Å². The normalized spacial score (nSPS) is 18.0. The molecule has 32 heavy (non-hydrogen) atoms. The highest BCUT2D eigenvalue weighted by Gasteiger charge is 2.29. The molecule has 0 aliphatic heterocycles. The van der Waals surface area contributed by atoms with Gasteiger partial charge >= 0.3 is 0 Å². The van der Waals surface area contributed by atoms with Crippen molar-refractivity contribution in [3.63, 3.8) is 0 Å². The quantitative estimate of drug-likeness (QED) is 0.518. The van der Waals surface area contributed by atoms with Crippen LogP contribution in [0.4, 0.5) is 0 Å². The molecule has 166 valence electrons. The summed E-state index contributed by atoms with van der Waals surface area (Å²) >= 11 is 7.54. The highest BCUT2D eigenvalue weighted by molar-refractivity contribution is 7.09. The standard InChI is InChI=1S/C24H24ClN3O3S/c25-18-11-5-4-10-17(18)23(29)27-19-12-6-7-13-20(19)28-24(30)21-15-32-22(26-21)14-31-16-8-2-1-3-9-16/h1-5,8-11,15,19-20H,6-7,12-14H2,(H,27,29)(H,28,30)/t19-,20+/m0/s1. The lowest BCUT2D eigenvalue weighted by molar-refractivity contribution is 0.0860. The van der Waals surface area contributed by atoms with E-state index < -0.39 is 0 Å². The zero-order valence-corrected chi connectivity index (χ0v) is 19.0. The number of benzene rings is 2. The number of halogens is 1. The zero-order chi connectivity index (χ0) is 22.3. The SMILES string of the molecule is O=C(N[C@@H]1CCCC[C@@H]1NC(=O)c1ccccc1Cl)c1csc(COc2ccccc2)n1. The molecular formula is C24H24ClN3O3S. The van der Waals surface area contributed by atoms with Crippen LogP contribution in [0.3, 0.4) is 0 Å². The molecule has 3 aromatic rings. The van der Waals surface area contributed by atoms with Gasteiger partial charge in [-0.2, -0.15) is 0 Å². The number of ether oxygens (including phenoxy) is 1. The lowest BCUT2D eigenvalue weighted by Crippen LogP contribution is -2.53. The number of nitrogens with zero attached hydrogens (tertiary/aromatic N) is 1. The van der Waals surface area contributed by atoms with Crippen molar-refractivity contribution in [1.29, 1.82) is 0 Å². The number of amides is 2. The van der Waals surface area contributed by atoms with E-state index in [1.54, 1.807) is 29.6 Å². The van der Waals surface area contributed by atoms with Crippen LogP contribution in [0.5, 0.6) is 5.75 Å². The summed E-state index contributed by atoms with van der Waals surface area (Å²) in [4.78, 5) is 29.9. The molecule has 1 fully saturated rings. The fourth-order valence-electron chi connectivity index (χ4n) is 3.75. The number of thiazole rings is 1. The van der Waals surface area contributed by atoms with E-state index in [-0.39, 0.29) is 23.9 Å². The van der Waals surface area contributed by atoms with Crippen LogP contribution in [0.15, 0.2) is 60.0 Å². The van der Waals surface area contributed by atoms with Gasteiger partial charge in [0.1, 0.15) is 23.1 Å². The number of carbonyl (C=O) groups excluding carboxylic acids is 2. The van der Waals surface area contributed by atoms with E-state index in [1.807, 2.05) is 30.3 Å². The van der Waals surface area contributed by atoms with Crippen molar-refractivity contribution < 1.29 is 14.3 Å². The second-order valence-electron chi connectivity index (χ2n) is 7.65. The van der Waals surface area contributed by atoms with E-state index in [0.717, 1.165) is 36.4 Å². The average molecular weight is 470 g/mol. The van der Waals surface area contributed by atoms with Crippen molar-refractivity contribution in [2.24, 2.45) is 0 Å². The molecule has 2 aromatic carbocycles. The molecule has 2 atom stereocenters. The first-order valence-corrected chi connectivity index (χ1v) is 11.8. The van der Waals surface area contributed by atoms with Crippen LogP contribution in [-0.4, -0.2) is 28.9 Å². The molecule has 0 unspecified atom stereocenters. The molecule has 1 aliphatic rings. The maximum Gasteiger partial charge on any atom is 0.271 e. The van der Waals surface area contributed by atoms with E-state index >= 15 is 0 Å². The predicted molar refractivity (Wildman–Crippen MR) is 125 cm³/mol.